The minimum Gasteiger partial charge on any atom is -0.396 e. The Balaban J connectivity index is 2.10. The molecule has 1 aliphatic rings. The van der Waals surface area contributed by atoms with E-state index in [1.165, 1.54) is 26.1 Å². The van der Waals surface area contributed by atoms with Crippen molar-refractivity contribution < 1.29 is 5.11 Å². The quantitative estimate of drug-likeness (QED) is 0.667. The molecule has 3 heteroatoms. The van der Waals surface area contributed by atoms with Crippen LogP contribution in [0.5, 0.6) is 0 Å². The van der Waals surface area contributed by atoms with E-state index in [1.807, 2.05) is 0 Å². The molecule has 1 aliphatic heterocycles. The number of hydrogen-bond acceptors (Lipinski definition) is 3. The van der Waals surface area contributed by atoms with Crippen LogP contribution in [0.3, 0.4) is 0 Å². The van der Waals surface area contributed by atoms with E-state index in [0.717, 1.165) is 18.9 Å². The molecular formula is C10H22N2O. The van der Waals surface area contributed by atoms with Crippen molar-refractivity contribution >= 4 is 0 Å². The van der Waals surface area contributed by atoms with E-state index < -0.39 is 0 Å². The lowest BCUT2D eigenvalue weighted by molar-refractivity contribution is 0.243. The number of hydrogen-bond donors (Lipinski definition) is 1. The smallest absolute Gasteiger partial charge is 0.0434 e. The predicted molar refractivity (Wildman–Crippen MR) is 54.8 cm³/mol. The molecule has 0 aromatic heterocycles. The first-order valence-electron chi connectivity index (χ1n) is 5.20. The van der Waals surface area contributed by atoms with Crippen molar-refractivity contribution in [2.45, 2.75) is 12.8 Å². The van der Waals surface area contributed by atoms with Gasteiger partial charge in [0, 0.05) is 26.2 Å². The van der Waals surface area contributed by atoms with Gasteiger partial charge in [0.25, 0.3) is 0 Å². The number of likely N-dealkylation sites (N-methyl/N-ethyl adjacent to an activating group) is 1. The van der Waals surface area contributed by atoms with Gasteiger partial charge in [-0.05, 0) is 39.4 Å². The molecule has 1 N–H and O–H groups in total. The summed E-state index contributed by atoms with van der Waals surface area (Å²) in [5, 5.41) is 8.80. The van der Waals surface area contributed by atoms with Crippen molar-refractivity contribution in [3.8, 4) is 0 Å². The Morgan fingerprint density at radius 1 is 1.46 bits per heavy atom. The minimum atomic E-state index is 0.353. The van der Waals surface area contributed by atoms with Gasteiger partial charge in [0.15, 0.2) is 0 Å². The van der Waals surface area contributed by atoms with Crippen molar-refractivity contribution in [3.63, 3.8) is 0 Å². The summed E-state index contributed by atoms with van der Waals surface area (Å²) in [6.07, 6.45) is 2.26. The zero-order valence-corrected chi connectivity index (χ0v) is 8.87. The van der Waals surface area contributed by atoms with Crippen LogP contribution >= 0.6 is 0 Å². The monoisotopic (exact) mass is 186 g/mol. The maximum absolute atomic E-state index is 8.80. The second-order valence-corrected chi connectivity index (χ2v) is 4.27. The summed E-state index contributed by atoms with van der Waals surface area (Å²) in [5.41, 5.74) is 0. The van der Waals surface area contributed by atoms with Crippen LogP contribution in [-0.4, -0.2) is 61.8 Å². The number of nitrogens with zero attached hydrogens (tertiary/aromatic N) is 2. The summed E-state index contributed by atoms with van der Waals surface area (Å²) in [6.45, 7) is 5.08. The van der Waals surface area contributed by atoms with E-state index in [2.05, 4.69) is 23.9 Å². The van der Waals surface area contributed by atoms with Crippen LogP contribution in [0.15, 0.2) is 0 Å². The van der Waals surface area contributed by atoms with Gasteiger partial charge in [-0.1, -0.05) is 0 Å². The van der Waals surface area contributed by atoms with Crippen LogP contribution in [0.25, 0.3) is 0 Å². The molecule has 0 aromatic carbocycles. The van der Waals surface area contributed by atoms with Gasteiger partial charge in [-0.15, -0.1) is 0 Å². The highest BCUT2D eigenvalue weighted by Crippen LogP contribution is 2.18. The van der Waals surface area contributed by atoms with Gasteiger partial charge in [0.2, 0.25) is 0 Å². The van der Waals surface area contributed by atoms with Crippen LogP contribution < -0.4 is 0 Å². The highest BCUT2D eigenvalue weighted by molar-refractivity contribution is 4.75. The van der Waals surface area contributed by atoms with E-state index in [-0.39, 0.29) is 0 Å². The maximum Gasteiger partial charge on any atom is 0.0434 e. The zero-order valence-electron chi connectivity index (χ0n) is 8.87. The fourth-order valence-corrected chi connectivity index (χ4v) is 1.88. The normalized spacial score (nSPS) is 24.5. The number of likely N-dealkylation sites (tertiary alicyclic amines) is 1. The molecular weight excluding hydrogens is 164 g/mol. The summed E-state index contributed by atoms with van der Waals surface area (Å²) in [7, 11) is 4.22. The van der Waals surface area contributed by atoms with Crippen molar-refractivity contribution in [2.75, 3.05) is 46.9 Å². The third kappa shape index (κ3) is 4.07. The lowest BCUT2D eigenvalue weighted by Gasteiger charge is -2.18. The number of aliphatic hydroxyl groups excluding tert-OH is 1. The average molecular weight is 186 g/mol. The maximum atomic E-state index is 8.80. The highest BCUT2D eigenvalue weighted by atomic mass is 16.3. The standard InChI is InChI=1S/C10H22N2O/c1-11(2)6-7-12-5-3-10(9-12)4-8-13/h10,13H,3-9H2,1-2H3. The molecule has 0 amide bonds. The zero-order chi connectivity index (χ0) is 9.68. The molecule has 0 aliphatic carbocycles. The summed E-state index contributed by atoms with van der Waals surface area (Å²) < 4.78 is 0. The Morgan fingerprint density at radius 3 is 2.85 bits per heavy atom. The Labute approximate surface area is 81.3 Å². The minimum absolute atomic E-state index is 0.353. The highest BCUT2D eigenvalue weighted by Gasteiger charge is 2.21. The van der Waals surface area contributed by atoms with E-state index in [4.69, 9.17) is 5.11 Å². The molecule has 78 valence electrons. The van der Waals surface area contributed by atoms with Gasteiger partial charge >= 0.3 is 0 Å². The Hall–Kier alpha value is -0.120. The molecule has 13 heavy (non-hydrogen) atoms. The topological polar surface area (TPSA) is 26.7 Å². The molecule has 1 unspecified atom stereocenters. The largest absolute Gasteiger partial charge is 0.396 e. The predicted octanol–water partition coefficient (Wildman–Crippen LogP) is 0.252. The van der Waals surface area contributed by atoms with Gasteiger partial charge in [0.1, 0.15) is 0 Å². The second kappa shape index (κ2) is 5.58. The Bertz CT molecular complexity index is 139. The van der Waals surface area contributed by atoms with Crippen LogP contribution in [0, 0.1) is 5.92 Å². The second-order valence-electron chi connectivity index (χ2n) is 4.27. The Kier molecular flexibility index (Phi) is 4.70. The average Bonchev–Trinajstić information content (AvgIpc) is 2.50. The number of aliphatic hydroxyl groups is 1. The van der Waals surface area contributed by atoms with E-state index in [1.54, 1.807) is 0 Å². The molecule has 1 saturated heterocycles. The molecule has 3 nitrogen and oxygen atoms in total. The van der Waals surface area contributed by atoms with Crippen molar-refractivity contribution in [3.05, 3.63) is 0 Å². The first-order chi connectivity index (χ1) is 6.22. The molecule has 1 heterocycles. The lowest BCUT2D eigenvalue weighted by Crippen LogP contribution is -2.30. The fourth-order valence-electron chi connectivity index (χ4n) is 1.88. The molecule has 1 rings (SSSR count). The summed E-state index contributed by atoms with van der Waals surface area (Å²) >= 11 is 0. The van der Waals surface area contributed by atoms with Crippen LogP contribution in [0.4, 0.5) is 0 Å². The fraction of sp³-hybridized carbons (Fsp3) is 1.00. The molecule has 1 fully saturated rings. The lowest BCUT2D eigenvalue weighted by atomic mass is 10.1. The molecule has 0 radical (unpaired) electrons. The summed E-state index contributed by atoms with van der Waals surface area (Å²) in [4.78, 5) is 4.72. The summed E-state index contributed by atoms with van der Waals surface area (Å²) in [5.74, 6) is 0.743. The number of rotatable bonds is 5. The van der Waals surface area contributed by atoms with Gasteiger partial charge in [-0.3, -0.25) is 0 Å². The first kappa shape index (κ1) is 11.0. The van der Waals surface area contributed by atoms with Gasteiger partial charge in [-0.25, -0.2) is 0 Å². The van der Waals surface area contributed by atoms with Crippen molar-refractivity contribution in [1.82, 2.24) is 9.80 Å². The van der Waals surface area contributed by atoms with Crippen molar-refractivity contribution in [2.24, 2.45) is 5.92 Å². The van der Waals surface area contributed by atoms with Crippen LogP contribution in [0.1, 0.15) is 12.8 Å². The van der Waals surface area contributed by atoms with E-state index >= 15 is 0 Å². The molecule has 0 saturated carbocycles. The Morgan fingerprint density at radius 2 is 2.23 bits per heavy atom. The van der Waals surface area contributed by atoms with Gasteiger partial charge in [0.05, 0.1) is 0 Å². The third-order valence-corrected chi connectivity index (χ3v) is 2.77. The van der Waals surface area contributed by atoms with Gasteiger partial charge in [-0.2, -0.15) is 0 Å². The third-order valence-electron chi connectivity index (χ3n) is 2.77. The van der Waals surface area contributed by atoms with Crippen molar-refractivity contribution in [1.29, 1.82) is 0 Å². The summed E-state index contributed by atoms with van der Waals surface area (Å²) in [6, 6.07) is 0. The van der Waals surface area contributed by atoms with Gasteiger partial charge < -0.3 is 14.9 Å². The van der Waals surface area contributed by atoms with Crippen LogP contribution in [-0.2, 0) is 0 Å². The molecule has 1 atom stereocenters. The SMILES string of the molecule is CN(C)CCN1CCC(CCO)C1. The molecule has 0 spiro atoms. The van der Waals surface area contributed by atoms with E-state index in [9.17, 15) is 0 Å². The van der Waals surface area contributed by atoms with Crippen LogP contribution in [0.2, 0.25) is 0 Å². The van der Waals surface area contributed by atoms with E-state index in [0.29, 0.717) is 6.61 Å². The molecule has 0 bridgehead atoms. The molecule has 0 aromatic rings. The first-order valence-corrected chi connectivity index (χ1v) is 5.20.